The number of aliphatic hydroxyl groups excluding tert-OH is 11. The molecule has 3 aliphatic rings. The third-order valence-corrected chi connectivity index (χ3v) is 19.2. The van der Waals surface area contributed by atoms with Crippen LogP contribution in [0.1, 0.15) is 264 Å². The minimum atomic E-state index is -2.00. The second-order valence-electron chi connectivity index (χ2n) is 28.1. The summed E-state index contributed by atoms with van der Waals surface area (Å²) in [5.41, 5.74) is 0. The Bertz CT molecular complexity index is 2400. The molecule has 0 aromatic carbocycles. The summed E-state index contributed by atoms with van der Waals surface area (Å²) in [6.45, 7) is 1.57. The van der Waals surface area contributed by atoms with E-state index in [0.717, 1.165) is 89.9 Å². The van der Waals surface area contributed by atoms with Gasteiger partial charge in [-0.3, -0.25) is 4.79 Å². The minimum Gasteiger partial charge on any atom is -0.394 e. The summed E-state index contributed by atoms with van der Waals surface area (Å²) in [5, 5.41) is 121. The Kier molecular flexibility index (Phi) is 57.8. The Balaban J connectivity index is 1.42. The van der Waals surface area contributed by atoms with Crippen molar-refractivity contribution in [3.63, 3.8) is 0 Å². The summed E-state index contributed by atoms with van der Waals surface area (Å²) in [7, 11) is 0. The average molecular weight is 1470 g/mol. The average Bonchev–Trinajstić information content (AvgIpc) is 0.783. The van der Waals surface area contributed by atoms with Gasteiger partial charge in [0.25, 0.3) is 0 Å². The molecule has 3 rings (SSSR count). The lowest BCUT2D eigenvalue weighted by Crippen LogP contribution is -2.66. The molecule has 596 valence electrons. The van der Waals surface area contributed by atoms with Gasteiger partial charge in [0, 0.05) is 6.42 Å². The van der Waals surface area contributed by atoms with E-state index in [-0.39, 0.29) is 12.3 Å². The largest absolute Gasteiger partial charge is 0.394 e. The van der Waals surface area contributed by atoms with Gasteiger partial charge in [0.15, 0.2) is 18.9 Å². The highest BCUT2D eigenvalue weighted by atomic mass is 16.8. The molecule has 3 saturated heterocycles. The number of allylic oxidation sites excluding steroid dienone is 21. The monoisotopic (exact) mass is 1470 g/mol. The number of ether oxygens (including phenoxy) is 6. The van der Waals surface area contributed by atoms with Crippen LogP contribution >= 0.6 is 0 Å². The molecule has 104 heavy (non-hydrogen) atoms. The zero-order chi connectivity index (χ0) is 75.3. The third kappa shape index (κ3) is 43.2. The van der Waals surface area contributed by atoms with Gasteiger partial charge in [0.1, 0.15) is 73.2 Å². The Morgan fingerprint density at radius 1 is 0.356 bits per heavy atom. The topological polar surface area (TPSA) is 307 Å². The predicted molar refractivity (Wildman–Crippen MR) is 415 cm³/mol. The second kappa shape index (κ2) is 63.8. The summed E-state index contributed by atoms with van der Waals surface area (Å²) < 4.78 is 34.4. The van der Waals surface area contributed by atoms with Crippen molar-refractivity contribution in [3.8, 4) is 0 Å². The lowest BCUT2D eigenvalue weighted by atomic mass is 9.96. The van der Waals surface area contributed by atoms with E-state index in [0.29, 0.717) is 12.8 Å². The molecule has 17 unspecified atom stereocenters. The Morgan fingerprint density at radius 3 is 1.08 bits per heavy atom. The van der Waals surface area contributed by atoms with Crippen LogP contribution in [0.25, 0.3) is 0 Å². The second-order valence-corrected chi connectivity index (χ2v) is 28.1. The van der Waals surface area contributed by atoms with Crippen molar-refractivity contribution in [2.24, 2.45) is 0 Å². The van der Waals surface area contributed by atoms with E-state index in [4.69, 9.17) is 28.4 Å². The minimum absolute atomic E-state index is 0.167. The van der Waals surface area contributed by atoms with Crippen LogP contribution in [0.3, 0.4) is 0 Å². The van der Waals surface area contributed by atoms with E-state index >= 15 is 0 Å². The number of hydrogen-bond donors (Lipinski definition) is 12. The van der Waals surface area contributed by atoms with Gasteiger partial charge < -0.3 is 89.9 Å². The maximum absolute atomic E-state index is 13.4. The van der Waals surface area contributed by atoms with Gasteiger partial charge in [0.2, 0.25) is 5.91 Å². The molecule has 1 amide bonds. The zero-order valence-corrected chi connectivity index (χ0v) is 63.7. The normalized spacial score (nSPS) is 26.6. The first-order valence-electron chi connectivity index (χ1n) is 40.4. The molecule has 0 bridgehead atoms. The molecule has 12 N–H and O–H groups in total. The Morgan fingerprint density at radius 2 is 0.673 bits per heavy atom. The third-order valence-electron chi connectivity index (χ3n) is 19.2. The highest BCUT2D eigenvalue weighted by Gasteiger charge is 2.54. The smallest absolute Gasteiger partial charge is 0.220 e. The fourth-order valence-electron chi connectivity index (χ4n) is 12.7. The van der Waals surface area contributed by atoms with Crippen molar-refractivity contribution >= 4 is 5.91 Å². The fourth-order valence-corrected chi connectivity index (χ4v) is 12.7. The molecule has 3 aliphatic heterocycles. The molecule has 0 aromatic heterocycles. The first-order valence-corrected chi connectivity index (χ1v) is 40.4. The Hall–Kier alpha value is -4.07. The number of unbranched alkanes of at least 4 members (excludes halogenated alkanes) is 26. The van der Waals surface area contributed by atoms with Crippen molar-refractivity contribution in [2.75, 3.05) is 26.4 Å². The molecule has 0 aliphatic carbocycles. The summed E-state index contributed by atoms with van der Waals surface area (Å²) in [4.78, 5) is 13.4. The number of amides is 1. The van der Waals surface area contributed by atoms with Gasteiger partial charge in [-0.05, 0) is 109 Å². The van der Waals surface area contributed by atoms with E-state index in [1.807, 2.05) is 6.08 Å². The molecule has 17 atom stereocenters. The summed E-state index contributed by atoms with van der Waals surface area (Å²) >= 11 is 0. The molecular formula is C85H143NO18. The van der Waals surface area contributed by atoms with E-state index in [1.54, 1.807) is 6.08 Å². The number of hydrogen-bond acceptors (Lipinski definition) is 18. The van der Waals surface area contributed by atoms with E-state index in [1.165, 1.54) is 141 Å². The Labute approximate surface area is 626 Å². The van der Waals surface area contributed by atoms with Crippen molar-refractivity contribution in [1.82, 2.24) is 5.32 Å². The van der Waals surface area contributed by atoms with Crippen LogP contribution < -0.4 is 5.32 Å². The van der Waals surface area contributed by atoms with Crippen molar-refractivity contribution in [1.29, 1.82) is 0 Å². The molecule has 3 fully saturated rings. The van der Waals surface area contributed by atoms with Crippen molar-refractivity contribution in [2.45, 2.75) is 369 Å². The number of nitrogens with one attached hydrogen (secondary N) is 1. The van der Waals surface area contributed by atoms with Crippen LogP contribution in [-0.4, -0.2) is 193 Å². The molecule has 3 heterocycles. The molecule has 0 spiro atoms. The summed E-state index contributed by atoms with van der Waals surface area (Å²) in [5.74, 6) is -0.336. The highest BCUT2D eigenvalue weighted by Crippen LogP contribution is 2.33. The lowest BCUT2D eigenvalue weighted by molar-refractivity contribution is -0.379. The summed E-state index contributed by atoms with van der Waals surface area (Å²) in [6.07, 6.45) is 64.5. The SMILES string of the molecule is CC/C=C\C/C=C\C/C=C\C/C=C\C/C=C\C/C=C\C/C=C\C/C=C\CCCCC(=O)NC(COC1OC(CO)C(OC2OC(CO)C(OC3OC(CO)C(O)C(O)C3O)C(O)C2O)C(O)C1O)C(O)/C=C/CC/C=C/CC/C=C/CCCCCCCCCCCCCCCCCCCCCCCC. The van der Waals surface area contributed by atoms with Gasteiger partial charge in [-0.15, -0.1) is 0 Å². The molecule has 19 nitrogen and oxygen atoms in total. The van der Waals surface area contributed by atoms with Gasteiger partial charge in [0.05, 0.1) is 38.6 Å². The fraction of sp³-hybridized carbons (Fsp3) is 0.729. The molecular weight excluding hydrogens is 1320 g/mol. The van der Waals surface area contributed by atoms with Crippen molar-refractivity contribution < 1.29 is 89.4 Å². The maximum atomic E-state index is 13.4. The van der Waals surface area contributed by atoms with Gasteiger partial charge in [-0.25, -0.2) is 0 Å². The number of carbonyl (C=O) groups excluding carboxylic acids is 1. The quantitative estimate of drug-likeness (QED) is 0.0199. The predicted octanol–water partition coefficient (Wildman–Crippen LogP) is 13.7. The number of carbonyl (C=O) groups is 1. The van der Waals surface area contributed by atoms with Crippen LogP contribution in [0.4, 0.5) is 0 Å². The van der Waals surface area contributed by atoms with Crippen molar-refractivity contribution in [3.05, 3.63) is 134 Å². The van der Waals surface area contributed by atoms with Crippen LogP contribution in [0.2, 0.25) is 0 Å². The number of rotatable bonds is 62. The van der Waals surface area contributed by atoms with E-state index in [9.17, 15) is 61.0 Å². The molecule has 0 aromatic rings. The summed E-state index contributed by atoms with van der Waals surface area (Å²) in [6, 6.07) is -1.03. The first-order chi connectivity index (χ1) is 50.8. The first kappa shape index (κ1) is 94.1. The van der Waals surface area contributed by atoms with Gasteiger partial charge in [-0.2, -0.15) is 0 Å². The standard InChI is InChI=1S/C85H143NO18/c1-3-5-7-9-11-13-15-17-19-21-23-25-27-29-31-32-33-34-35-37-38-40-42-44-46-48-50-52-54-56-58-60-62-69(90)68(86-73(91)63-61-59-57-55-53-51-49-47-45-43-41-39-36-30-28-26-24-22-20-18-16-14-12-10-8-6-4-2)67-99-83-79(97)76(94)81(71(65-88)101-83)104-85-80(98)77(95)82(72(66-89)102-85)103-84-78(96)75(93)74(92)70(64-87)100-84/h6,8,12,14,18,20,24,26,30,36,41,43-44,46-47,49,52-55,60,62,68-72,74-85,87-90,92-98H,3-5,7,9-11,13,15-17,19,21-23,25,27-29,31-35,37-40,42,45,48,50-51,56-59,61,63-67H2,1-2H3,(H,86,91)/b8-6-,14-12-,20-18-,26-24-,36-30-,43-41-,46-44+,49-47-,54-52+,55-53-,62-60+. The van der Waals surface area contributed by atoms with Crippen LogP contribution in [0.15, 0.2) is 134 Å². The number of aliphatic hydroxyl groups is 11. The zero-order valence-electron chi connectivity index (χ0n) is 63.7. The van der Waals surface area contributed by atoms with E-state index in [2.05, 4.69) is 141 Å². The van der Waals surface area contributed by atoms with Gasteiger partial charge >= 0.3 is 0 Å². The maximum Gasteiger partial charge on any atom is 0.220 e. The molecule has 0 saturated carbocycles. The van der Waals surface area contributed by atoms with Crippen LogP contribution in [-0.2, 0) is 33.2 Å². The van der Waals surface area contributed by atoms with Crippen LogP contribution in [0, 0.1) is 0 Å². The molecule has 0 radical (unpaired) electrons. The molecule has 19 heteroatoms. The van der Waals surface area contributed by atoms with Crippen LogP contribution in [0.5, 0.6) is 0 Å². The lowest BCUT2D eigenvalue weighted by Gasteiger charge is -2.48. The van der Waals surface area contributed by atoms with Gasteiger partial charge in [-0.1, -0.05) is 282 Å². The highest BCUT2D eigenvalue weighted by molar-refractivity contribution is 5.76. The van der Waals surface area contributed by atoms with E-state index < -0.39 is 131 Å².